The number of hydrogen-bond acceptors (Lipinski definition) is 4. The molecular formula is C33H32N4O3. The number of fused-ring (bicyclic) bond motifs is 1. The van der Waals surface area contributed by atoms with Gasteiger partial charge in [-0.05, 0) is 48.1 Å². The minimum absolute atomic E-state index is 0.0191. The summed E-state index contributed by atoms with van der Waals surface area (Å²) < 4.78 is 9.71. The molecule has 5 aromatic rings. The Hall–Kier alpha value is -4.65. The van der Waals surface area contributed by atoms with Crippen LogP contribution in [0, 0.1) is 12.8 Å². The molecule has 0 saturated carbocycles. The standard InChI is InChI=1S/C33H32N4O3/c1-24-28(32(38)30-13-7-11-27-10-5-6-12-29(27)30)16-19-37(24)31-20-34-23-36(31)21-25-14-17-35(18-15-25)33(39)40-22-26-8-3-2-4-9-26/h2-13,16,19-20,23,25H,14-15,17-18,21-22H2,1H3. The molecule has 0 spiro atoms. The first-order valence-corrected chi connectivity index (χ1v) is 13.7. The molecule has 0 unspecified atom stereocenters. The van der Waals surface area contributed by atoms with Gasteiger partial charge in [-0.1, -0.05) is 72.8 Å². The van der Waals surface area contributed by atoms with E-state index in [2.05, 4.69) is 9.55 Å². The summed E-state index contributed by atoms with van der Waals surface area (Å²) in [5, 5.41) is 2.02. The van der Waals surface area contributed by atoms with E-state index in [0.29, 0.717) is 36.7 Å². The second-order valence-corrected chi connectivity index (χ2v) is 10.4. The monoisotopic (exact) mass is 532 g/mol. The molecule has 1 saturated heterocycles. The highest BCUT2D eigenvalue weighted by molar-refractivity contribution is 6.17. The molecule has 3 heterocycles. The van der Waals surface area contributed by atoms with Crippen LogP contribution in [0.3, 0.4) is 0 Å². The van der Waals surface area contributed by atoms with Crippen molar-refractivity contribution in [3.8, 4) is 5.82 Å². The highest BCUT2D eigenvalue weighted by Crippen LogP contribution is 2.26. The summed E-state index contributed by atoms with van der Waals surface area (Å²) in [5.41, 5.74) is 3.27. The number of nitrogens with zero attached hydrogens (tertiary/aromatic N) is 4. The average molecular weight is 533 g/mol. The predicted molar refractivity (Wildman–Crippen MR) is 155 cm³/mol. The van der Waals surface area contributed by atoms with Crippen molar-refractivity contribution in [2.45, 2.75) is 32.9 Å². The van der Waals surface area contributed by atoms with Gasteiger partial charge in [0.15, 0.2) is 5.78 Å². The number of imidazole rings is 1. The van der Waals surface area contributed by atoms with Gasteiger partial charge in [0.05, 0.1) is 12.5 Å². The van der Waals surface area contributed by atoms with Crippen LogP contribution in [0.1, 0.15) is 40.0 Å². The Balaban J connectivity index is 1.11. The number of ether oxygens (including phenoxy) is 1. The van der Waals surface area contributed by atoms with E-state index in [0.717, 1.165) is 47.2 Å². The Bertz CT molecular complexity index is 1640. The fourth-order valence-corrected chi connectivity index (χ4v) is 5.61. The summed E-state index contributed by atoms with van der Waals surface area (Å²) in [5.74, 6) is 1.36. The minimum Gasteiger partial charge on any atom is -0.445 e. The maximum Gasteiger partial charge on any atom is 0.410 e. The molecular weight excluding hydrogens is 500 g/mol. The number of rotatable bonds is 7. The molecule has 1 aliphatic rings. The Labute approximate surface area is 233 Å². The third-order valence-corrected chi connectivity index (χ3v) is 7.89. The van der Waals surface area contributed by atoms with Crippen molar-refractivity contribution in [2.24, 2.45) is 5.92 Å². The van der Waals surface area contributed by atoms with Gasteiger partial charge in [-0.2, -0.15) is 0 Å². The smallest absolute Gasteiger partial charge is 0.410 e. The lowest BCUT2D eigenvalue weighted by molar-refractivity contribution is 0.0807. The third kappa shape index (κ3) is 5.15. The molecule has 1 amide bonds. The summed E-state index contributed by atoms with van der Waals surface area (Å²) in [7, 11) is 0. The van der Waals surface area contributed by atoms with Crippen LogP contribution in [0.5, 0.6) is 0 Å². The zero-order valence-electron chi connectivity index (χ0n) is 22.6. The van der Waals surface area contributed by atoms with Crippen molar-refractivity contribution in [2.75, 3.05) is 13.1 Å². The minimum atomic E-state index is -0.253. The van der Waals surface area contributed by atoms with Crippen LogP contribution < -0.4 is 0 Å². The zero-order valence-corrected chi connectivity index (χ0v) is 22.6. The van der Waals surface area contributed by atoms with E-state index in [1.807, 2.05) is 109 Å². The fourth-order valence-electron chi connectivity index (χ4n) is 5.61. The van der Waals surface area contributed by atoms with Crippen LogP contribution in [0.25, 0.3) is 16.6 Å². The molecule has 0 radical (unpaired) electrons. The normalized spacial score (nSPS) is 14.0. The number of likely N-dealkylation sites (tertiary alicyclic amines) is 1. The number of carbonyl (C=O) groups is 2. The molecule has 6 rings (SSSR count). The maximum atomic E-state index is 13.6. The molecule has 0 bridgehead atoms. The quantitative estimate of drug-likeness (QED) is 0.227. The Morgan fingerprint density at radius 2 is 1.65 bits per heavy atom. The molecule has 40 heavy (non-hydrogen) atoms. The van der Waals surface area contributed by atoms with Crippen molar-refractivity contribution in [3.05, 3.63) is 120 Å². The van der Waals surface area contributed by atoms with E-state index in [1.54, 1.807) is 4.90 Å². The van der Waals surface area contributed by atoms with Gasteiger partial charge in [-0.3, -0.25) is 4.79 Å². The highest BCUT2D eigenvalue weighted by Gasteiger charge is 2.25. The van der Waals surface area contributed by atoms with Crippen LogP contribution in [-0.4, -0.2) is 44.0 Å². The molecule has 2 aromatic heterocycles. The van der Waals surface area contributed by atoms with Crippen molar-refractivity contribution in [1.82, 2.24) is 19.0 Å². The average Bonchev–Trinajstić information content (AvgIpc) is 3.61. The topological polar surface area (TPSA) is 69.4 Å². The molecule has 202 valence electrons. The van der Waals surface area contributed by atoms with Gasteiger partial charge >= 0.3 is 6.09 Å². The summed E-state index contributed by atoms with van der Waals surface area (Å²) in [6.45, 7) is 4.42. The van der Waals surface area contributed by atoms with Gasteiger partial charge in [0, 0.05) is 42.7 Å². The number of hydrogen-bond donors (Lipinski definition) is 0. The Morgan fingerprint density at radius 3 is 2.48 bits per heavy atom. The largest absolute Gasteiger partial charge is 0.445 e. The molecule has 0 N–H and O–H groups in total. The van der Waals surface area contributed by atoms with E-state index in [9.17, 15) is 9.59 Å². The number of amides is 1. The van der Waals surface area contributed by atoms with E-state index in [1.165, 1.54) is 0 Å². The molecule has 1 fully saturated rings. The lowest BCUT2D eigenvalue weighted by Crippen LogP contribution is -2.39. The Kier molecular flexibility index (Phi) is 7.19. The molecule has 1 aliphatic heterocycles. The number of carbonyl (C=O) groups excluding carboxylic acids is 2. The summed E-state index contributed by atoms with van der Waals surface area (Å²) in [6, 6.07) is 25.5. The first-order chi connectivity index (χ1) is 19.6. The molecule has 0 atom stereocenters. The van der Waals surface area contributed by atoms with Crippen LogP contribution >= 0.6 is 0 Å². The highest BCUT2D eigenvalue weighted by atomic mass is 16.6. The van der Waals surface area contributed by atoms with E-state index in [4.69, 9.17) is 4.74 Å². The van der Waals surface area contributed by atoms with Crippen molar-refractivity contribution in [1.29, 1.82) is 0 Å². The van der Waals surface area contributed by atoms with Crippen molar-refractivity contribution in [3.63, 3.8) is 0 Å². The molecule has 0 aliphatic carbocycles. The fraction of sp³-hybridized carbons (Fsp3) is 0.242. The van der Waals surface area contributed by atoms with Crippen molar-refractivity contribution < 1.29 is 14.3 Å². The molecule has 3 aromatic carbocycles. The third-order valence-electron chi connectivity index (χ3n) is 7.89. The number of piperidine rings is 1. The first kappa shape index (κ1) is 25.6. The van der Waals surface area contributed by atoms with Gasteiger partial charge in [0.25, 0.3) is 0 Å². The Morgan fingerprint density at radius 1 is 0.900 bits per heavy atom. The summed E-state index contributed by atoms with van der Waals surface area (Å²) in [4.78, 5) is 32.4. The predicted octanol–water partition coefficient (Wildman–Crippen LogP) is 6.42. The van der Waals surface area contributed by atoms with Crippen LogP contribution in [0.2, 0.25) is 0 Å². The van der Waals surface area contributed by atoms with E-state index >= 15 is 0 Å². The van der Waals surface area contributed by atoms with Gasteiger partial charge < -0.3 is 18.8 Å². The summed E-state index contributed by atoms with van der Waals surface area (Å²) >= 11 is 0. The van der Waals surface area contributed by atoms with Crippen LogP contribution in [0.4, 0.5) is 4.79 Å². The van der Waals surface area contributed by atoms with Crippen molar-refractivity contribution >= 4 is 22.6 Å². The lowest BCUT2D eigenvalue weighted by Gasteiger charge is -2.31. The van der Waals surface area contributed by atoms with Gasteiger partial charge in [0.2, 0.25) is 0 Å². The second-order valence-electron chi connectivity index (χ2n) is 10.4. The zero-order chi connectivity index (χ0) is 27.5. The van der Waals surface area contributed by atoms with Gasteiger partial charge in [-0.25, -0.2) is 9.78 Å². The second kappa shape index (κ2) is 11.2. The van der Waals surface area contributed by atoms with Gasteiger partial charge in [-0.15, -0.1) is 0 Å². The molecule has 7 nitrogen and oxygen atoms in total. The maximum absolute atomic E-state index is 13.6. The number of benzene rings is 3. The molecule has 7 heteroatoms. The van der Waals surface area contributed by atoms with E-state index < -0.39 is 0 Å². The lowest BCUT2D eigenvalue weighted by atomic mass is 9.97. The number of aromatic nitrogens is 3. The summed E-state index contributed by atoms with van der Waals surface area (Å²) in [6.07, 6.45) is 7.18. The number of ketones is 1. The first-order valence-electron chi connectivity index (χ1n) is 13.7. The SMILES string of the molecule is Cc1c(C(=O)c2cccc3ccccc23)ccn1-c1cncn1CC1CCN(C(=O)OCc2ccccc2)CC1. The van der Waals surface area contributed by atoms with Gasteiger partial charge in [0.1, 0.15) is 12.4 Å². The van der Waals surface area contributed by atoms with Crippen LogP contribution in [0.15, 0.2) is 97.6 Å². The van der Waals surface area contributed by atoms with Crippen LogP contribution in [-0.2, 0) is 17.9 Å². The van der Waals surface area contributed by atoms with E-state index in [-0.39, 0.29) is 11.9 Å².